The normalized spacial score (nSPS) is 11.3. The van der Waals surface area contributed by atoms with Gasteiger partial charge in [-0.3, -0.25) is 0 Å². The molecule has 0 aliphatic carbocycles. The van der Waals surface area contributed by atoms with Gasteiger partial charge >= 0.3 is 0 Å². The molecule has 0 fully saturated rings. The zero-order valence-electron chi connectivity index (χ0n) is 14.1. The van der Waals surface area contributed by atoms with E-state index in [4.69, 9.17) is 11.6 Å². The quantitative estimate of drug-likeness (QED) is 0.319. The average Bonchev–Trinajstić information content (AvgIpc) is 3.04. The fraction of sp³-hybridized carbons (Fsp3) is 0. The number of nitrogens with zero attached hydrogens (tertiary/aromatic N) is 1. The highest BCUT2D eigenvalue weighted by Crippen LogP contribution is 2.37. The summed E-state index contributed by atoms with van der Waals surface area (Å²) < 4.78 is 2.25. The van der Waals surface area contributed by atoms with Crippen LogP contribution in [0.3, 0.4) is 0 Å². The number of halogens is 1. The van der Waals surface area contributed by atoms with Crippen molar-refractivity contribution in [3.63, 3.8) is 0 Å². The number of para-hydroxylation sites is 2. The van der Waals surface area contributed by atoms with Crippen LogP contribution < -0.4 is 0 Å². The van der Waals surface area contributed by atoms with Crippen LogP contribution in [0.1, 0.15) is 0 Å². The van der Waals surface area contributed by atoms with Gasteiger partial charge in [0.1, 0.15) is 0 Å². The molecule has 0 aliphatic rings. The van der Waals surface area contributed by atoms with Crippen LogP contribution in [0.15, 0.2) is 97.1 Å². The minimum Gasteiger partial charge on any atom is -0.308 e. The molecule has 1 aromatic heterocycles. The predicted octanol–water partition coefficient (Wildman–Crippen LogP) is 7.10. The van der Waals surface area contributed by atoms with Crippen molar-refractivity contribution in [3.05, 3.63) is 102 Å². The van der Waals surface area contributed by atoms with Crippen molar-refractivity contribution >= 4 is 33.4 Å². The summed E-state index contributed by atoms with van der Waals surface area (Å²) in [5.41, 5.74) is 5.77. The Labute approximate surface area is 157 Å². The van der Waals surface area contributed by atoms with Crippen LogP contribution in [0, 0.1) is 0 Å². The third kappa shape index (κ3) is 2.33. The molecule has 124 valence electrons. The van der Waals surface area contributed by atoms with E-state index >= 15 is 0 Å². The number of aromatic nitrogens is 1. The van der Waals surface area contributed by atoms with E-state index in [0.717, 1.165) is 16.2 Å². The molecule has 0 atom stereocenters. The molecule has 0 unspecified atom stereocenters. The summed E-state index contributed by atoms with van der Waals surface area (Å²) in [6.07, 6.45) is 0. The van der Waals surface area contributed by atoms with E-state index in [0.29, 0.717) is 0 Å². The van der Waals surface area contributed by atoms with Gasteiger partial charge in [-0.15, -0.1) is 0 Å². The van der Waals surface area contributed by atoms with Crippen LogP contribution in [0.5, 0.6) is 0 Å². The molecule has 2 heteroatoms. The van der Waals surface area contributed by atoms with Crippen LogP contribution >= 0.6 is 11.6 Å². The third-order valence-electron chi connectivity index (χ3n) is 4.86. The van der Waals surface area contributed by atoms with Crippen LogP contribution in [-0.2, 0) is 0 Å². The topological polar surface area (TPSA) is 4.93 Å². The maximum atomic E-state index is 6.62. The van der Waals surface area contributed by atoms with Gasteiger partial charge in [0.25, 0.3) is 0 Å². The van der Waals surface area contributed by atoms with Gasteiger partial charge in [0, 0.05) is 16.5 Å². The molecule has 0 N–H and O–H groups in total. The van der Waals surface area contributed by atoms with Crippen molar-refractivity contribution < 1.29 is 0 Å². The van der Waals surface area contributed by atoms with Gasteiger partial charge < -0.3 is 4.57 Å². The van der Waals surface area contributed by atoms with Crippen molar-refractivity contribution in [1.82, 2.24) is 4.57 Å². The van der Waals surface area contributed by atoms with E-state index in [1.807, 2.05) is 24.3 Å². The SMILES string of the molecule is Clc1cccc2c3cc(-c4ccccc4)ccc3n(-c3ccccc3)c12. The van der Waals surface area contributed by atoms with E-state index in [2.05, 4.69) is 77.4 Å². The van der Waals surface area contributed by atoms with Crippen LogP contribution in [0.2, 0.25) is 5.02 Å². The van der Waals surface area contributed by atoms with Crippen molar-refractivity contribution in [2.45, 2.75) is 0 Å². The average molecular weight is 354 g/mol. The number of benzene rings is 4. The Kier molecular flexibility index (Phi) is 3.55. The highest BCUT2D eigenvalue weighted by Gasteiger charge is 2.15. The lowest BCUT2D eigenvalue weighted by atomic mass is 10.0. The fourth-order valence-corrected chi connectivity index (χ4v) is 3.94. The summed E-state index contributed by atoms with van der Waals surface area (Å²) in [5.74, 6) is 0. The molecule has 0 bridgehead atoms. The Hall–Kier alpha value is -3.03. The fourth-order valence-electron chi connectivity index (χ4n) is 3.68. The lowest BCUT2D eigenvalue weighted by Gasteiger charge is -2.08. The van der Waals surface area contributed by atoms with Gasteiger partial charge in [0.15, 0.2) is 0 Å². The van der Waals surface area contributed by atoms with Crippen molar-refractivity contribution in [2.24, 2.45) is 0 Å². The Bertz CT molecular complexity index is 1220. The summed E-state index contributed by atoms with van der Waals surface area (Å²) in [7, 11) is 0. The molecule has 26 heavy (non-hydrogen) atoms. The van der Waals surface area contributed by atoms with Gasteiger partial charge in [-0.05, 0) is 41.5 Å². The van der Waals surface area contributed by atoms with Crippen LogP contribution in [0.4, 0.5) is 0 Å². The first kappa shape index (κ1) is 15.2. The van der Waals surface area contributed by atoms with E-state index < -0.39 is 0 Å². The number of fused-ring (bicyclic) bond motifs is 3. The van der Waals surface area contributed by atoms with Crippen molar-refractivity contribution in [2.75, 3.05) is 0 Å². The standard InChI is InChI=1S/C24H16ClN/c25-22-13-7-12-20-21-16-18(17-8-3-1-4-9-17)14-15-23(21)26(24(20)22)19-10-5-2-6-11-19/h1-16H. The van der Waals surface area contributed by atoms with Gasteiger partial charge in [0.2, 0.25) is 0 Å². The highest BCUT2D eigenvalue weighted by molar-refractivity contribution is 6.36. The smallest absolute Gasteiger partial charge is 0.0727 e. The van der Waals surface area contributed by atoms with E-state index in [-0.39, 0.29) is 0 Å². The Morgan fingerprint density at radius 3 is 2.08 bits per heavy atom. The maximum absolute atomic E-state index is 6.62. The zero-order valence-corrected chi connectivity index (χ0v) is 14.8. The second kappa shape index (κ2) is 6.05. The molecule has 1 nitrogen and oxygen atoms in total. The minimum atomic E-state index is 0.767. The largest absolute Gasteiger partial charge is 0.308 e. The van der Waals surface area contributed by atoms with Gasteiger partial charge in [-0.25, -0.2) is 0 Å². The monoisotopic (exact) mass is 353 g/mol. The van der Waals surface area contributed by atoms with Gasteiger partial charge in [-0.2, -0.15) is 0 Å². The summed E-state index contributed by atoms with van der Waals surface area (Å²) in [4.78, 5) is 0. The minimum absolute atomic E-state index is 0.767. The van der Waals surface area contributed by atoms with E-state index in [1.54, 1.807) is 0 Å². The molecule has 1 heterocycles. The molecule has 0 radical (unpaired) electrons. The molecule has 0 saturated carbocycles. The first-order valence-electron chi connectivity index (χ1n) is 8.66. The van der Waals surface area contributed by atoms with Crippen LogP contribution in [-0.4, -0.2) is 4.57 Å². The summed E-state index contributed by atoms with van der Waals surface area (Å²) in [6.45, 7) is 0. The molecule has 5 rings (SSSR count). The number of hydrogen-bond donors (Lipinski definition) is 0. The van der Waals surface area contributed by atoms with Crippen LogP contribution in [0.25, 0.3) is 38.6 Å². The summed E-state index contributed by atoms with van der Waals surface area (Å²) in [5, 5.41) is 3.16. The first-order valence-corrected chi connectivity index (χ1v) is 9.04. The van der Waals surface area contributed by atoms with E-state index in [9.17, 15) is 0 Å². The summed E-state index contributed by atoms with van der Waals surface area (Å²) in [6, 6.07) is 33.6. The molecule has 5 aromatic rings. The second-order valence-corrected chi connectivity index (χ2v) is 6.81. The summed E-state index contributed by atoms with van der Waals surface area (Å²) >= 11 is 6.62. The predicted molar refractivity (Wildman–Crippen MR) is 111 cm³/mol. The maximum Gasteiger partial charge on any atom is 0.0727 e. The van der Waals surface area contributed by atoms with Gasteiger partial charge in [0.05, 0.1) is 16.1 Å². The van der Waals surface area contributed by atoms with Crippen molar-refractivity contribution in [3.8, 4) is 16.8 Å². The Morgan fingerprint density at radius 2 is 1.31 bits per heavy atom. The Balaban J connectivity index is 1.89. The molecule has 0 amide bonds. The molecule has 4 aromatic carbocycles. The lowest BCUT2D eigenvalue weighted by molar-refractivity contribution is 1.18. The first-order chi connectivity index (χ1) is 12.8. The molecule has 0 aliphatic heterocycles. The number of hydrogen-bond acceptors (Lipinski definition) is 0. The highest BCUT2D eigenvalue weighted by atomic mass is 35.5. The second-order valence-electron chi connectivity index (χ2n) is 6.40. The lowest BCUT2D eigenvalue weighted by Crippen LogP contribution is -1.93. The van der Waals surface area contributed by atoms with E-state index in [1.165, 1.54) is 27.4 Å². The molecule has 0 spiro atoms. The number of rotatable bonds is 2. The molecule has 0 saturated heterocycles. The van der Waals surface area contributed by atoms with Gasteiger partial charge in [-0.1, -0.05) is 78.3 Å². The third-order valence-corrected chi connectivity index (χ3v) is 5.16. The Morgan fingerprint density at radius 1 is 0.577 bits per heavy atom. The van der Waals surface area contributed by atoms with Crippen molar-refractivity contribution in [1.29, 1.82) is 0 Å². The molecular weight excluding hydrogens is 338 g/mol. The zero-order chi connectivity index (χ0) is 17.5. The molecular formula is C24H16ClN.